The van der Waals surface area contributed by atoms with Gasteiger partial charge < -0.3 is 20.7 Å². The van der Waals surface area contributed by atoms with Gasteiger partial charge in [-0.2, -0.15) is 0 Å². The molecule has 0 heterocycles. The van der Waals surface area contributed by atoms with E-state index >= 15 is 0 Å². The number of benzene rings is 2. The molecule has 6 heteroatoms. The minimum absolute atomic E-state index is 0.100. The average Bonchev–Trinajstić information content (AvgIpc) is 2.62. The van der Waals surface area contributed by atoms with Crippen molar-refractivity contribution in [3.8, 4) is 5.75 Å². The quantitative estimate of drug-likeness (QED) is 0.679. The molecule has 0 aliphatic heterocycles. The Hall–Kier alpha value is -3.02. The standard InChI is InChI=1S/C20H25N3O3/c1-4-21-20(25)15-6-5-7-17(12-15)22-13-19(24)23-16-8-10-18(11-9-16)26-14(2)3/h5-12,14,22H,4,13H2,1-3H3,(H,21,25)(H,23,24). The molecule has 2 aromatic carbocycles. The Morgan fingerprint density at radius 3 is 2.42 bits per heavy atom. The molecular weight excluding hydrogens is 330 g/mol. The number of carbonyl (C=O) groups excluding carboxylic acids is 2. The summed E-state index contributed by atoms with van der Waals surface area (Å²) in [6, 6.07) is 14.3. The van der Waals surface area contributed by atoms with E-state index in [2.05, 4.69) is 16.0 Å². The fourth-order valence-corrected chi connectivity index (χ4v) is 2.31. The first-order chi connectivity index (χ1) is 12.5. The molecule has 0 unspecified atom stereocenters. The van der Waals surface area contributed by atoms with Gasteiger partial charge in [0.1, 0.15) is 5.75 Å². The number of anilines is 2. The van der Waals surface area contributed by atoms with Crippen molar-refractivity contribution in [3.05, 3.63) is 54.1 Å². The second-order valence-electron chi connectivity index (χ2n) is 6.03. The third-order valence-corrected chi connectivity index (χ3v) is 3.43. The molecule has 2 aromatic rings. The SMILES string of the molecule is CCNC(=O)c1cccc(NCC(=O)Nc2ccc(OC(C)C)cc2)c1. The number of carbonyl (C=O) groups is 2. The van der Waals surface area contributed by atoms with Gasteiger partial charge in [-0.05, 0) is 63.2 Å². The van der Waals surface area contributed by atoms with Crippen LogP contribution < -0.4 is 20.7 Å². The Morgan fingerprint density at radius 1 is 1.04 bits per heavy atom. The van der Waals surface area contributed by atoms with Gasteiger partial charge in [0.15, 0.2) is 0 Å². The van der Waals surface area contributed by atoms with Crippen LogP contribution in [0.1, 0.15) is 31.1 Å². The van der Waals surface area contributed by atoms with Gasteiger partial charge in [0.25, 0.3) is 5.91 Å². The van der Waals surface area contributed by atoms with Crippen molar-refractivity contribution in [2.75, 3.05) is 23.7 Å². The third kappa shape index (κ3) is 6.12. The van der Waals surface area contributed by atoms with Crippen molar-refractivity contribution in [2.45, 2.75) is 26.9 Å². The highest BCUT2D eigenvalue weighted by molar-refractivity contribution is 5.96. The normalized spacial score (nSPS) is 10.3. The summed E-state index contributed by atoms with van der Waals surface area (Å²) in [4.78, 5) is 23.9. The van der Waals surface area contributed by atoms with Gasteiger partial charge in [0.2, 0.25) is 5.91 Å². The minimum atomic E-state index is -0.175. The summed E-state index contributed by atoms with van der Waals surface area (Å²) in [7, 11) is 0. The van der Waals surface area contributed by atoms with Crippen molar-refractivity contribution in [1.82, 2.24) is 5.32 Å². The molecule has 6 nitrogen and oxygen atoms in total. The molecular formula is C20H25N3O3. The van der Waals surface area contributed by atoms with Crippen LogP contribution in [0.4, 0.5) is 11.4 Å². The molecule has 0 aromatic heterocycles. The average molecular weight is 355 g/mol. The van der Waals surface area contributed by atoms with Crippen molar-refractivity contribution in [1.29, 1.82) is 0 Å². The number of amides is 2. The Bertz CT molecular complexity index is 742. The highest BCUT2D eigenvalue weighted by Gasteiger charge is 2.07. The van der Waals surface area contributed by atoms with Crippen LogP contribution in [0.2, 0.25) is 0 Å². The second kappa shape index (κ2) is 9.46. The fourth-order valence-electron chi connectivity index (χ4n) is 2.31. The zero-order valence-corrected chi connectivity index (χ0v) is 15.3. The maximum Gasteiger partial charge on any atom is 0.251 e. The molecule has 2 amide bonds. The number of rotatable bonds is 8. The largest absolute Gasteiger partial charge is 0.491 e. The number of hydrogen-bond donors (Lipinski definition) is 3. The van der Waals surface area contributed by atoms with Crippen LogP contribution >= 0.6 is 0 Å². The second-order valence-corrected chi connectivity index (χ2v) is 6.03. The molecule has 3 N–H and O–H groups in total. The topological polar surface area (TPSA) is 79.5 Å². The molecule has 0 saturated heterocycles. The predicted octanol–water partition coefficient (Wildman–Crippen LogP) is 3.27. The molecule has 2 rings (SSSR count). The van der Waals surface area contributed by atoms with Crippen LogP contribution in [-0.2, 0) is 4.79 Å². The van der Waals surface area contributed by atoms with Gasteiger partial charge in [0.05, 0.1) is 12.6 Å². The van der Waals surface area contributed by atoms with Crippen LogP contribution in [0.5, 0.6) is 5.75 Å². The Morgan fingerprint density at radius 2 is 1.77 bits per heavy atom. The monoisotopic (exact) mass is 355 g/mol. The van der Waals surface area contributed by atoms with Crippen LogP contribution in [0, 0.1) is 0 Å². The zero-order valence-electron chi connectivity index (χ0n) is 15.3. The van der Waals surface area contributed by atoms with Crippen LogP contribution in [0.3, 0.4) is 0 Å². The summed E-state index contributed by atoms with van der Waals surface area (Å²) in [5.74, 6) is 0.452. The first-order valence-corrected chi connectivity index (χ1v) is 8.66. The molecule has 0 aliphatic carbocycles. The van der Waals surface area contributed by atoms with Gasteiger partial charge in [-0.15, -0.1) is 0 Å². The maximum absolute atomic E-state index is 12.1. The van der Waals surface area contributed by atoms with E-state index in [1.54, 1.807) is 30.3 Å². The van der Waals surface area contributed by atoms with Crippen LogP contribution in [0.15, 0.2) is 48.5 Å². The van der Waals surface area contributed by atoms with E-state index in [0.717, 1.165) is 5.75 Å². The first-order valence-electron chi connectivity index (χ1n) is 8.66. The molecule has 0 radical (unpaired) electrons. The van der Waals surface area contributed by atoms with E-state index in [4.69, 9.17) is 4.74 Å². The van der Waals surface area contributed by atoms with Gasteiger partial charge in [-0.1, -0.05) is 6.07 Å². The Kier molecular flexibility index (Phi) is 7.02. The molecule has 0 fully saturated rings. The summed E-state index contributed by atoms with van der Waals surface area (Å²) in [6.45, 7) is 6.46. The molecule has 0 atom stereocenters. The summed E-state index contributed by atoms with van der Waals surface area (Å²) in [5.41, 5.74) is 1.96. The zero-order chi connectivity index (χ0) is 18.9. The number of nitrogens with one attached hydrogen (secondary N) is 3. The van der Waals surface area contributed by atoms with Gasteiger partial charge in [-0.25, -0.2) is 0 Å². The Labute approximate surface area is 153 Å². The minimum Gasteiger partial charge on any atom is -0.491 e. The maximum atomic E-state index is 12.1. The van der Waals surface area contributed by atoms with Crippen molar-refractivity contribution in [3.63, 3.8) is 0 Å². The molecule has 26 heavy (non-hydrogen) atoms. The van der Waals surface area contributed by atoms with E-state index in [1.165, 1.54) is 0 Å². The fraction of sp³-hybridized carbons (Fsp3) is 0.300. The molecule has 0 spiro atoms. The van der Waals surface area contributed by atoms with E-state index in [0.29, 0.717) is 23.5 Å². The predicted molar refractivity (Wildman–Crippen MR) is 104 cm³/mol. The van der Waals surface area contributed by atoms with Crippen molar-refractivity contribution >= 4 is 23.2 Å². The highest BCUT2D eigenvalue weighted by Crippen LogP contribution is 2.17. The lowest BCUT2D eigenvalue weighted by Crippen LogP contribution is -2.23. The van der Waals surface area contributed by atoms with Crippen LogP contribution in [0.25, 0.3) is 0 Å². The van der Waals surface area contributed by atoms with E-state index < -0.39 is 0 Å². The molecule has 138 valence electrons. The van der Waals surface area contributed by atoms with Gasteiger partial charge in [0, 0.05) is 23.5 Å². The van der Waals surface area contributed by atoms with Crippen LogP contribution in [-0.4, -0.2) is 31.0 Å². The van der Waals surface area contributed by atoms with Gasteiger partial charge >= 0.3 is 0 Å². The molecule has 0 saturated carbocycles. The lowest BCUT2D eigenvalue weighted by molar-refractivity contribution is -0.114. The van der Waals surface area contributed by atoms with Crippen molar-refractivity contribution in [2.24, 2.45) is 0 Å². The Balaban J connectivity index is 1.87. The summed E-state index contributed by atoms with van der Waals surface area (Å²) in [5, 5.41) is 8.58. The van der Waals surface area contributed by atoms with E-state index in [-0.39, 0.29) is 24.5 Å². The summed E-state index contributed by atoms with van der Waals surface area (Å²) in [6.07, 6.45) is 0.106. The third-order valence-electron chi connectivity index (χ3n) is 3.43. The lowest BCUT2D eigenvalue weighted by atomic mass is 10.2. The highest BCUT2D eigenvalue weighted by atomic mass is 16.5. The number of ether oxygens (including phenoxy) is 1. The number of hydrogen-bond acceptors (Lipinski definition) is 4. The molecule has 0 bridgehead atoms. The van der Waals surface area contributed by atoms with E-state index in [1.807, 2.05) is 39.0 Å². The summed E-state index contributed by atoms with van der Waals surface area (Å²) >= 11 is 0. The lowest BCUT2D eigenvalue weighted by Gasteiger charge is -2.11. The van der Waals surface area contributed by atoms with E-state index in [9.17, 15) is 9.59 Å². The first kappa shape index (κ1) is 19.3. The smallest absolute Gasteiger partial charge is 0.251 e. The van der Waals surface area contributed by atoms with Crippen molar-refractivity contribution < 1.29 is 14.3 Å². The summed E-state index contributed by atoms with van der Waals surface area (Å²) < 4.78 is 5.57. The molecule has 0 aliphatic rings. The van der Waals surface area contributed by atoms with Gasteiger partial charge in [-0.3, -0.25) is 9.59 Å².